The largest absolute Gasteiger partial charge is 0.332 e. The van der Waals surface area contributed by atoms with Crippen molar-refractivity contribution in [2.75, 3.05) is 23.7 Å². The number of carbonyl (C=O) groups is 1. The van der Waals surface area contributed by atoms with Crippen LogP contribution in [0.15, 0.2) is 36.7 Å². The van der Waals surface area contributed by atoms with E-state index in [1.54, 1.807) is 0 Å². The summed E-state index contributed by atoms with van der Waals surface area (Å²) in [5.74, 6) is 2.95. The number of rotatable bonds is 8. The molecule has 5 nitrogen and oxygen atoms in total. The molecule has 2 aliphatic heterocycles. The number of aromatic nitrogens is 2. The molecule has 2 saturated heterocycles. The molecule has 3 heterocycles. The van der Waals surface area contributed by atoms with Gasteiger partial charge in [-0.3, -0.25) is 9.69 Å². The first kappa shape index (κ1) is 24.8. The van der Waals surface area contributed by atoms with Crippen molar-refractivity contribution >= 4 is 24.4 Å². The number of thiol groups is 1. The Bertz CT molecular complexity index is 971. The van der Waals surface area contributed by atoms with Crippen LogP contribution in [-0.4, -0.2) is 57.6 Å². The van der Waals surface area contributed by atoms with Crippen LogP contribution in [-0.2, 0) is 11.2 Å². The van der Waals surface area contributed by atoms with Gasteiger partial charge in [0.1, 0.15) is 5.78 Å². The first-order valence-corrected chi connectivity index (χ1v) is 14.2. The lowest BCUT2D eigenvalue weighted by Crippen LogP contribution is -2.56. The minimum Gasteiger partial charge on any atom is -0.332 e. The fourth-order valence-corrected chi connectivity index (χ4v) is 6.68. The third kappa shape index (κ3) is 5.59. The minimum absolute atomic E-state index is 0.276. The number of carbonyl (C=O) groups excluding carboxylic acids is 1. The average Bonchev–Trinajstić information content (AvgIpc) is 3.14. The van der Waals surface area contributed by atoms with Crippen molar-refractivity contribution in [1.82, 2.24) is 14.9 Å². The van der Waals surface area contributed by atoms with Crippen LogP contribution in [0, 0.1) is 11.8 Å². The number of hydrogen-bond donors (Lipinski definition) is 1. The van der Waals surface area contributed by atoms with E-state index in [-0.39, 0.29) is 5.92 Å². The number of hydrogen-bond acceptors (Lipinski definition) is 6. The third-order valence-corrected chi connectivity index (χ3v) is 8.81. The molecule has 0 amide bonds. The Balaban J connectivity index is 1.17. The van der Waals surface area contributed by atoms with Gasteiger partial charge in [-0.05, 0) is 81.6 Å². The summed E-state index contributed by atoms with van der Waals surface area (Å²) in [6.07, 6.45) is 12.6. The van der Waals surface area contributed by atoms with Gasteiger partial charge in [-0.1, -0.05) is 24.3 Å². The Hall–Kier alpha value is -1.92. The number of Topliss-reactive ketones (excluding diaryl/α,β-unsaturated/α-hetero) is 1. The van der Waals surface area contributed by atoms with E-state index in [0.29, 0.717) is 42.0 Å². The van der Waals surface area contributed by atoms with Gasteiger partial charge in [-0.25, -0.2) is 9.97 Å². The molecular weight excluding hydrogens is 452 g/mol. The van der Waals surface area contributed by atoms with Crippen LogP contribution in [0.5, 0.6) is 0 Å². The van der Waals surface area contributed by atoms with E-state index in [4.69, 9.17) is 9.97 Å². The fraction of sp³-hybridized carbons (Fsp3) is 0.621. The first-order chi connectivity index (χ1) is 17.0. The van der Waals surface area contributed by atoms with Crippen LogP contribution in [0.25, 0.3) is 11.1 Å². The van der Waals surface area contributed by atoms with Gasteiger partial charge in [-0.15, -0.1) is 0 Å². The molecule has 6 heteroatoms. The number of anilines is 1. The van der Waals surface area contributed by atoms with E-state index in [0.717, 1.165) is 56.7 Å². The summed E-state index contributed by atoms with van der Waals surface area (Å²) in [7, 11) is 0. The second kappa shape index (κ2) is 11.0. The van der Waals surface area contributed by atoms with Crippen LogP contribution in [0.2, 0.25) is 0 Å². The Morgan fingerprint density at radius 2 is 1.57 bits per heavy atom. The summed E-state index contributed by atoms with van der Waals surface area (Å²) in [5, 5.41) is 0. The SMILES string of the molecule is CC(C)N1CC2CCC(C1)N2c1ncc(-c2ccc(CC3CCC(C(=O)CCS)CC3)cc2)cn1. The Kier molecular flexibility index (Phi) is 7.78. The topological polar surface area (TPSA) is 49.3 Å². The zero-order chi connectivity index (χ0) is 24.4. The maximum atomic E-state index is 12.2. The van der Waals surface area contributed by atoms with Crippen LogP contribution in [0.3, 0.4) is 0 Å². The number of piperazine rings is 1. The minimum atomic E-state index is 0.276. The normalized spacial score (nSPS) is 26.9. The second-order valence-corrected chi connectivity index (χ2v) is 11.6. The molecule has 1 aromatic heterocycles. The molecule has 5 rings (SSSR count). The Labute approximate surface area is 216 Å². The highest BCUT2D eigenvalue weighted by Crippen LogP contribution is 2.35. The van der Waals surface area contributed by atoms with Crippen molar-refractivity contribution < 1.29 is 4.79 Å². The van der Waals surface area contributed by atoms with E-state index in [2.05, 4.69) is 60.5 Å². The molecule has 188 valence electrons. The highest BCUT2D eigenvalue weighted by Gasteiger charge is 2.41. The Morgan fingerprint density at radius 1 is 0.943 bits per heavy atom. The van der Waals surface area contributed by atoms with Gasteiger partial charge in [-0.2, -0.15) is 12.6 Å². The lowest BCUT2D eigenvalue weighted by molar-refractivity contribution is -0.123. The van der Waals surface area contributed by atoms with E-state index >= 15 is 0 Å². The van der Waals surface area contributed by atoms with Crippen molar-refractivity contribution in [3.63, 3.8) is 0 Å². The number of fused-ring (bicyclic) bond motifs is 2. The maximum Gasteiger partial charge on any atom is 0.225 e. The zero-order valence-corrected chi connectivity index (χ0v) is 22.2. The van der Waals surface area contributed by atoms with Gasteiger partial charge < -0.3 is 4.90 Å². The number of nitrogens with zero attached hydrogens (tertiary/aromatic N) is 4. The number of likely N-dealkylation sites (tertiary alicyclic amines) is 1. The molecule has 0 radical (unpaired) electrons. The van der Waals surface area contributed by atoms with Crippen LogP contribution >= 0.6 is 12.6 Å². The van der Waals surface area contributed by atoms with Crippen molar-refractivity contribution in [2.45, 2.75) is 83.3 Å². The molecule has 0 N–H and O–H groups in total. The maximum absolute atomic E-state index is 12.2. The molecule has 3 aliphatic rings. The number of benzene rings is 1. The van der Waals surface area contributed by atoms with Crippen molar-refractivity contribution in [1.29, 1.82) is 0 Å². The van der Waals surface area contributed by atoms with E-state index < -0.39 is 0 Å². The summed E-state index contributed by atoms with van der Waals surface area (Å²) < 4.78 is 0. The standard InChI is InChI=1S/C29H40N4OS/c1-20(2)32-18-26-11-12-27(19-32)33(26)29-30-16-25(17-31-29)23-7-3-21(4-8-23)15-22-5-9-24(10-6-22)28(34)13-14-35/h3-4,7-8,16-17,20,22,24,26-27,35H,5-6,9-15,18-19H2,1-2H3. The quantitative estimate of drug-likeness (QED) is 0.497. The zero-order valence-electron chi connectivity index (χ0n) is 21.3. The van der Waals surface area contributed by atoms with E-state index in [1.165, 1.54) is 24.0 Å². The molecule has 1 aliphatic carbocycles. The summed E-state index contributed by atoms with van der Waals surface area (Å²) in [6, 6.07) is 10.6. The highest BCUT2D eigenvalue weighted by atomic mass is 32.1. The lowest BCUT2D eigenvalue weighted by Gasteiger charge is -2.42. The molecule has 2 atom stereocenters. The van der Waals surface area contributed by atoms with Gasteiger partial charge >= 0.3 is 0 Å². The monoisotopic (exact) mass is 492 g/mol. The van der Waals surface area contributed by atoms with Crippen LogP contribution in [0.1, 0.15) is 64.4 Å². The van der Waals surface area contributed by atoms with Crippen molar-refractivity contribution in [3.8, 4) is 11.1 Å². The smallest absolute Gasteiger partial charge is 0.225 e. The third-order valence-electron chi connectivity index (χ3n) is 8.58. The molecule has 3 fully saturated rings. The molecular formula is C29H40N4OS. The summed E-state index contributed by atoms with van der Waals surface area (Å²) in [6.45, 7) is 6.83. The molecule has 2 bridgehead atoms. The van der Waals surface area contributed by atoms with Crippen molar-refractivity contribution in [3.05, 3.63) is 42.2 Å². The van der Waals surface area contributed by atoms with Gasteiger partial charge in [0.25, 0.3) is 0 Å². The van der Waals surface area contributed by atoms with E-state index in [1.807, 2.05) is 12.4 Å². The van der Waals surface area contributed by atoms with Gasteiger partial charge in [0.15, 0.2) is 0 Å². The first-order valence-electron chi connectivity index (χ1n) is 13.6. The fourth-order valence-electron chi connectivity index (χ4n) is 6.46. The molecule has 2 aromatic rings. The molecule has 2 unspecified atom stereocenters. The predicted molar refractivity (Wildman–Crippen MR) is 146 cm³/mol. The van der Waals surface area contributed by atoms with E-state index in [9.17, 15) is 4.79 Å². The molecule has 0 spiro atoms. The van der Waals surface area contributed by atoms with Crippen LogP contribution < -0.4 is 4.90 Å². The average molecular weight is 493 g/mol. The molecule has 1 aromatic carbocycles. The second-order valence-electron chi connectivity index (χ2n) is 11.2. The van der Waals surface area contributed by atoms with Gasteiger partial charge in [0.2, 0.25) is 5.95 Å². The Morgan fingerprint density at radius 3 is 2.14 bits per heavy atom. The summed E-state index contributed by atoms with van der Waals surface area (Å²) in [4.78, 5) is 26.8. The summed E-state index contributed by atoms with van der Waals surface area (Å²) >= 11 is 4.21. The van der Waals surface area contributed by atoms with Gasteiger partial charge in [0.05, 0.1) is 0 Å². The van der Waals surface area contributed by atoms with Crippen molar-refractivity contribution in [2.24, 2.45) is 11.8 Å². The number of ketones is 1. The molecule has 35 heavy (non-hydrogen) atoms. The van der Waals surface area contributed by atoms with Gasteiger partial charge in [0, 0.05) is 61.5 Å². The summed E-state index contributed by atoms with van der Waals surface area (Å²) in [5.41, 5.74) is 3.64. The predicted octanol–water partition coefficient (Wildman–Crippen LogP) is 5.44. The highest BCUT2D eigenvalue weighted by molar-refractivity contribution is 7.80. The van der Waals surface area contributed by atoms with Crippen LogP contribution in [0.4, 0.5) is 5.95 Å². The lowest BCUT2D eigenvalue weighted by atomic mass is 9.77. The molecule has 1 saturated carbocycles.